The van der Waals surface area contributed by atoms with Gasteiger partial charge in [0.1, 0.15) is 22.0 Å². The molecular formula is C20H21NO6S. The van der Waals surface area contributed by atoms with Gasteiger partial charge >= 0.3 is 5.97 Å². The number of ether oxygens (including phenoxy) is 2. The normalized spacial score (nSPS) is 12.7. The number of furan rings is 1. The molecule has 0 bridgehead atoms. The molecule has 0 radical (unpaired) electrons. The van der Waals surface area contributed by atoms with Crippen LogP contribution >= 0.6 is 0 Å². The molecule has 1 aromatic heterocycles. The minimum absolute atomic E-state index is 0.119. The Kier molecular flexibility index (Phi) is 5.71. The van der Waals surface area contributed by atoms with E-state index in [2.05, 4.69) is 9.46 Å². The second-order valence-electron chi connectivity index (χ2n) is 6.33. The zero-order valence-electron chi connectivity index (χ0n) is 15.8. The molecule has 148 valence electrons. The van der Waals surface area contributed by atoms with Gasteiger partial charge in [0.05, 0.1) is 19.8 Å². The molecule has 0 aliphatic heterocycles. The van der Waals surface area contributed by atoms with Crippen molar-refractivity contribution in [3.63, 3.8) is 0 Å². The van der Waals surface area contributed by atoms with Gasteiger partial charge < -0.3 is 13.9 Å². The predicted octanol–water partition coefficient (Wildman–Crippen LogP) is 3.14. The van der Waals surface area contributed by atoms with E-state index in [9.17, 15) is 13.2 Å². The fraction of sp³-hybridized carbons (Fsp3) is 0.250. The lowest BCUT2D eigenvalue weighted by Crippen LogP contribution is -2.34. The first-order valence-electron chi connectivity index (χ1n) is 8.60. The van der Waals surface area contributed by atoms with Gasteiger partial charge in [0.15, 0.2) is 0 Å². The smallest absolute Gasteiger partial charge is 0.337 e. The summed E-state index contributed by atoms with van der Waals surface area (Å²) in [5.74, 6) is 0.178. The van der Waals surface area contributed by atoms with Crippen molar-refractivity contribution in [1.82, 2.24) is 4.72 Å². The number of carbonyl (C=O) groups is 1. The van der Waals surface area contributed by atoms with Crippen molar-refractivity contribution in [3.05, 3.63) is 59.9 Å². The van der Waals surface area contributed by atoms with E-state index in [4.69, 9.17) is 9.15 Å². The van der Waals surface area contributed by atoms with Gasteiger partial charge in [0, 0.05) is 17.8 Å². The standard InChI is InChI=1S/C20H21NO6S/c1-13(10-16-11-14-6-4-5-7-17(14)27-16)21-28(23,24)19-12-15(20(22)26-3)8-9-18(19)25-2/h4-9,11-13,21H,10H2,1-3H3/t13-/m1/s1. The average molecular weight is 403 g/mol. The predicted molar refractivity (Wildman–Crippen MR) is 104 cm³/mol. The number of rotatable bonds is 7. The second kappa shape index (κ2) is 8.04. The summed E-state index contributed by atoms with van der Waals surface area (Å²) in [6.07, 6.45) is 0.368. The molecule has 2 aromatic carbocycles. The maximum absolute atomic E-state index is 12.9. The summed E-state index contributed by atoms with van der Waals surface area (Å²) in [5.41, 5.74) is 0.869. The SMILES string of the molecule is COC(=O)c1ccc(OC)c(S(=O)(=O)N[C@H](C)Cc2cc3ccccc3o2)c1. The molecule has 1 N–H and O–H groups in total. The minimum Gasteiger partial charge on any atom is -0.495 e. The molecule has 0 spiro atoms. The van der Waals surface area contributed by atoms with E-state index in [1.807, 2.05) is 30.3 Å². The molecule has 3 rings (SSSR count). The Labute approximate surface area is 163 Å². The van der Waals surface area contributed by atoms with Crippen LogP contribution in [0.3, 0.4) is 0 Å². The van der Waals surface area contributed by atoms with E-state index in [0.717, 1.165) is 11.0 Å². The van der Waals surface area contributed by atoms with Crippen molar-refractivity contribution < 1.29 is 27.1 Å². The maximum atomic E-state index is 12.9. The number of hydrogen-bond donors (Lipinski definition) is 1. The molecule has 7 nitrogen and oxygen atoms in total. The topological polar surface area (TPSA) is 94.8 Å². The molecule has 0 saturated carbocycles. The summed E-state index contributed by atoms with van der Waals surface area (Å²) in [4.78, 5) is 11.6. The monoisotopic (exact) mass is 403 g/mol. The van der Waals surface area contributed by atoms with E-state index in [1.165, 1.54) is 32.4 Å². The van der Waals surface area contributed by atoms with Crippen LogP contribution < -0.4 is 9.46 Å². The number of carbonyl (C=O) groups excluding carboxylic acids is 1. The average Bonchev–Trinajstić information content (AvgIpc) is 3.08. The molecule has 1 heterocycles. The highest BCUT2D eigenvalue weighted by Crippen LogP contribution is 2.26. The summed E-state index contributed by atoms with van der Waals surface area (Å²) < 4.78 is 43.9. The Morgan fingerprint density at radius 2 is 1.89 bits per heavy atom. The van der Waals surface area contributed by atoms with Crippen molar-refractivity contribution >= 4 is 27.0 Å². The number of methoxy groups -OCH3 is 2. The van der Waals surface area contributed by atoms with Gasteiger partial charge in [-0.15, -0.1) is 0 Å². The molecule has 3 aromatic rings. The molecule has 28 heavy (non-hydrogen) atoms. The van der Waals surface area contributed by atoms with Crippen LogP contribution in [0.4, 0.5) is 0 Å². The Morgan fingerprint density at radius 1 is 1.14 bits per heavy atom. The van der Waals surface area contributed by atoms with Crippen LogP contribution in [0, 0.1) is 0 Å². The zero-order valence-corrected chi connectivity index (χ0v) is 16.6. The van der Waals surface area contributed by atoms with E-state index in [1.54, 1.807) is 6.92 Å². The molecular weight excluding hydrogens is 382 g/mol. The number of hydrogen-bond acceptors (Lipinski definition) is 6. The lowest BCUT2D eigenvalue weighted by molar-refractivity contribution is 0.0600. The van der Waals surface area contributed by atoms with Crippen LogP contribution in [0.2, 0.25) is 0 Å². The number of para-hydroxylation sites is 1. The van der Waals surface area contributed by atoms with Crippen molar-refractivity contribution in [2.45, 2.75) is 24.3 Å². The molecule has 0 aliphatic rings. The number of sulfonamides is 1. The van der Waals surface area contributed by atoms with E-state index >= 15 is 0 Å². The zero-order chi connectivity index (χ0) is 20.3. The molecule has 0 aliphatic carbocycles. The van der Waals surface area contributed by atoms with Crippen LogP contribution in [-0.4, -0.2) is 34.6 Å². The second-order valence-corrected chi connectivity index (χ2v) is 8.02. The van der Waals surface area contributed by atoms with Crippen LogP contribution in [0.1, 0.15) is 23.0 Å². The van der Waals surface area contributed by atoms with Crippen LogP contribution in [0.15, 0.2) is 57.8 Å². The first kappa shape index (κ1) is 19.9. The molecule has 8 heteroatoms. The molecule has 1 atom stereocenters. The number of nitrogens with one attached hydrogen (secondary N) is 1. The van der Waals surface area contributed by atoms with Crippen LogP contribution in [0.5, 0.6) is 5.75 Å². The third kappa shape index (κ3) is 4.18. The van der Waals surface area contributed by atoms with Crippen LogP contribution in [0.25, 0.3) is 11.0 Å². The minimum atomic E-state index is -3.94. The number of esters is 1. The third-order valence-corrected chi connectivity index (χ3v) is 5.83. The maximum Gasteiger partial charge on any atom is 0.337 e. The van der Waals surface area contributed by atoms with Crippen molar-refractivity contribution in [2.24, 2.45) is 0 Å². The first-order chi connectivity index (χ1) is 13.3. The van der Waals surface area contributed by atoms with Gasteiger partial charge in [-0.3, -0.25) is 0 Å². The molecule has 0 amide bonds. The lowest BCUT2D eigenvalue weighted by atomic mass is 10.2. The third-order valence-electron chi connectivity index (χ3n) is 4.21. The van der Waals surface area contributed by atoms with Gasteiger partial charge in [0.2, 0.25) is 10.0 Å². The molecule has 0 saturated heterocycles. The molecule has 0 unspecified atom stereocenters. The quantitative estimate of drug-likeness (QED) is 0.609. The van der Waals surface area contributed by atoms with Crippen LogP contribution in [-0.2, 0) is 21.2 Å². The summed E-state index contributed by atoms with van der Waals surface area (Å²) in [6, 6.07) is 13.1. The highest BCUT2D eigenvalue weighted by Gasteiger charge is 2.24. The van der Waals surface area contributed by atoms with Gasteiger partial charge in [-0.2, -0.15) is 0 Å². The Balaban J connectivity index is 1.83. The van der Waals surface area contributed by atoms with Gasteiger partial charge in [0.25, 0.3) is 0 Å². The summed E-state index contributed by atoms with van der Waals surface area (Å²) in [5, 5.41) is 0.958. The van der Waals surface area contributed by atoms with Crippen molar-refractivity contribution in [3.8, 4) is 5.75 Å². The van der Waals surface area contributed by atoms with Crippen molar-refractivity contribution in [2.75, 3.05) is 14.2 Å². The Morgan fingerprint density at radius 3 is 2.57 bits per heavy atom. The number of fused-ring (bicyclic) bond motifs is 1. The van der Waals surface area contributed by atoms with Gasteiger partial charge in [-0.05, 0) is 37.3 Å². The Bertz CT molecular complexity index is 1070. The van der Waals surface area contributed by atoms with E-state index < -0.39 is 22.0 Å². The van der Waals surface area contributed by atoms with Gasteiger partial charge in [-0.1, -0.05) is 18.2 Å². The lowest BCUT2D eigenvalue weighted by Gasteiger charge is -2.15. The Hall–Kier alpha value is -2.84. The molecule has 0 fully saturated rings. The van der Waals surface area contributed by atoms with E-state index in [0.29, 0.717) is 12.2 Å². The van der Waals surface area contributed by atoms with Crippen molar-refractivity contribution in [1.29, 1.82) is 0 Å². The largest absolute Gasteiger partial charge is 0.495 e. The fourth-order valence-electron chi connectivity index (χ4n) is 2.94. The summed E-state index contributed by atoms with van der Waals surface area (Å²) in [6.45, 7) is 1.74. The highest BCUT2D eigenvalue weighted by atomic mass is 32.2. The van der Waals surface area contributed by atoms with Gasteiger partial charge in [-0.25, -0.2) is 17.9 Å². The summed E-state index contributed by atoms with van der Waals surface area (Å²) in [7, 11) is -1.35. The highest BCUT2D eigenvalue weighted by molar-refractivity contribution is 7.89. The first-order valence-corrected chi connectivity index (χ1v) is 10.1. The summed E-state index contributed by atoms with van der Waals surface area (Å²) >= 11 is 0. The number of benzene rings is 2. The fourth-order valence-corrected chi connectivity index (χ4v) is 4.38. The van der Waals surface area contributed by atoms with E-state index in [-0.39, 0.29) is 16.2 Å².